The van der Waals surface area contributed by atoms with E-state index in [4.69, 9.17) is 0 Å². The highest BCUT2D eigenvalue weighted by Gasteiger charge is 2.37. The number of carbonyl (C=O) groups is 1. The maximum absolute atomic E-state index is 12.9. The van der Waals surface area contributed by atoms with Gasteiger partial charge in [-0.2, -0.15) is 5.10 Å². The van der Waals surface area contributed by atoms with Crippen molar-refractivity contribution >= 4 is 18.3 Å². The molecule has 1 aromatic heterocycles. The zero-order valence-corrected chi connectivity index (χ0v) is 16.9. The van der Waals surface area contributed by atoms with E-state index in [-0.39, 0.29) is 29.8 Å². The summed E-state index contributed by atoms with van der Waals surface area (Å²) in [6, 6.07) is 10.7. The largest absolute Gasteiger partial charge is 0.343 e. The Morgan fingerprint density at radius 2 is 2.11 bits per heavy atom. The van der Waals surface area contributed by atoms with E-state index < -0.39 is 0 Å². The number of aromatic nitrogens is 2. The number of nitrogens with zero attached hydrogens (tertiary/aromatic N) is 2. The van der Waals surface area contributed by atoms with Gasteiger partial charge in [0.25, 0.3) is 5.91 Å². The van der Waals surface area contributed by atoms with Crippen molar-refractivity contribution in [3.8, 4) is 0 Å². The summed E-state index contributed by atoms with van der Waals surface area (Å²) < 4.78 is 1.95. The van der Waals surface area contributed by atoms with E-state index in [0.29, 0.717) is 11.7 Å². The second-order valence-corrected chi connectivity index (χ2v) is 8.28. The lowest BCUT2D eigenvalue weighted by Gasteiger charge is -2.40. The lowest BCUT2D eigenvalue weighted by atomic mass is 9.70. The molecule has 146 valence electrons. The third-order valence-corrected chi connectivity index (χ3v) is 5.95. The summed E-state index contributed by atoms with van der Waals surface area (Å²) in [7, 11) is 0. The summed E-state index contributed by atoms with van der Waals surface area (Å²) in [5, 5.41) is 11.2. The SMILES string of the molecule is CC1(C)CCc2ccccc2C1NC(=O)c1ccn(C2CCCNC2)n1.Cl. The van der Waals surface area contributed by atoms with Crippen LogP contribution >= 0.6 is 12.4 Å². The summed E-state index contributed by atoms with van der Waals surface area (Å²) in [6.07, 6.45) is 6.33. The monoisotopic (exact) mass is 388 g/mol. The van der Waals surface area contributed by atoms with Gasteiger partial charge in [0, 0.05) is 12.7 Å². The molecule has 0 saturated carbocycles. The normalized spacial score (nSPS) is 23.8. The molecule has 2 heterocycles. The lowest BCUT2D eigenvalue weighted by Crippen LogP contribution is -2.41. The van der Waals surface area contributed by atoms with E-state index in [9.17, 15) is 4.79 Å². The van der Waals surface area contributed by atoms with Gasteiger partial charge in [-0.05, 0) is 54.8 Å². The van der Waals surface area contributed by atoms with Gasteiger partial charge in [0.1, 0.15) is 5.69 Å². The second-order valence-electron chi connectivity index (χ2n) is 8.28. The van der Waals surface area contributed by atoms with Crippen molar-refractivity contribution in [2.45, 2.75) is 51.6 Å². The van der Waals surface area contributed by atoms with E-state index in [1.807, 2.05) is 16.9 Å². The second kappa shape index (κ2) is 8.03. The molecule has 1 aliphatic carbocycles. The van der Waals surface area contributed by atoms with Crippen molar-refractivity contribution in [3.05, 3.63) is 53.3 Å². The van der Waals surface area contributed by atoms with Gasteiger partial charge in [-0.1, -0.05) is 38.1 Å². The molecule has 2 atom stereocenters. The van der Waals surface area contributed by atoms with Gasteiger partial charge < -0.3 is 10.6 Å². The number of rotatable bonds is 3. The fourth-order valence-corrected chi connectivity index (χ4v) is 4.27. The van der Waals surface area contributed by atoms with Crippen LogP contribution in [0.3, 0.4) is 0 Å². The Bertz CT molecular complexity index is 795. The number of aryl methyl sites for hydroxylation is 1. The van der Waals surface area contributed by atoms with E-state index in [1.165, 1.54) is 11.1 Å². The summed E-state index contributed by atoms with van der Waals surface area (Å²) in [6.45, 7) is 6.47. The van der Waals surface area contributed by atoms with E-state index in [0.717, 1.165) is 38.8 Å². The topological polar surface area (TPSA) is 59.0 Å². The smallest absolute Gasteiger partial charge is 0.272 e. The van der Waals surface area contributed by atoms with Crippen molar-refractivity contribution in [1.82, 2.24) is 20.4 Å². The molecule has 0 bridgehead atoms. The predicted octanol–water partition coefficient (Wildman–Crippen LogP) is 3.67. The van der Waals surface area contributed by atoms with Crippen LogP contribution in [0.5, 0.6) is 0 Å². The first kappa shape index (κ1) is 19.9. The first-order valence-electron chi connectivity index (χ1n) is 9.69. The van der Waals surface area contributed by atoms with Gasteiger partial charge >= 0.3 is 0 Å². The maximum atomic E-state index is 12.9. The van der Waals surface area contributed by atoms with Crippen molar-refractivity contribution < 1.29 is 4.79 Å². The Labute approximate surface area is 167 Å². The van der Waals surface area contributed by atoms with E-state index >= 15 is 0 Å². The standard InChI is InChI=1S/C21H28N4O.ClH/c1-21(2)11-9-15-6-3-4-8-17(15)19(21)23-20(26)18-10-13-25(24-18)16-7-5-12-22-14-16;/h3-4,6,8,10,13,16,19,22H,5,7,9,11-12,14H2,1-2H3,(H,23,26);1H. The maximum Gasteiger partial charge on any atom is 0.272 e. The number of nitrogens with one attached hydrogen (secondary N) is 2. The summed E-state index contributed by atoms with van der Waals surface area (Å²) in [5.41, 5.74) is 3.12. The molecule has 27 heavy (non-hydrogen) atoms. The first-order chi connectivity index (χ1) is 12.5. The van der Waals surface area contributed by atoms with Crippen LogP contribution in [0.4, 0.5) is 0 Å². The van der Waals surface area contributed by atoms with Crippen LogP contribution in [0.25, 0.3) is 0 Å². The van der Waals surface area contributed by atoms with Crippen LogP contribution in [0, 0.1) is 5.41 Å². The predicted molar refractivity (Wildman–Crippen MR) is 109 cm³/mol. The highest BCUT2D eigenvalue weighted by molar-refractivity contribution is 5.92. The zero-order chi connectivity index (χ0) is 18.1. The van der Waals surface area contributed by atoms with Crippen LogP contribution < -0.4 is 10.6 Å². The van der Waals surface area contributed by atoms with Crippen molar-refractivity contribution in [3.63, 3.8) is 0 Å². The van der Waals surface area contributed by atoms with Crippen LogP contribution in [0.1, 0.15) is 66.8 Å². The van der Waals surface area contributed by atoms with Crippen LogP contribution in [-0.4, -0.2) is 28.8 Å². The number of benzene rings is 1. The number of hydrogen-bond donors (Lipinski definition) is 2. The van der Waals surface area contributed by atoms with Crippen LogP contribution in [0.2, 0.25) is 0 Å². The molecule has 0 spiro atoms. The third-order valence-electron chi connectivity index (χ3n) is 5.95. The van der Waals surface area contributed by atoms with Crippen LogP contribution in [-0.2, 0) is 6.42 Å². The summed E-state index contributed by atoms with van der Waals surface area (Å²) in [4.78, 5) is 12.9. The fourth-order valence-electron chi connectivity index (χ4n) is 4.27. The molecule has 0 radical (unpaired) electrons. The number of carbonyl (C=O) groups excluding carboxylic acids is 1. The molecule has 1 aliphatic heterocycles. The molecule has 1 fully saturated rings. The molecular weight excluding hydrogens is 360 g/mol. The molecule has 4 rings (SSSR count). The van der Waals surface area contributed by atoms with E-state index in [1.54, 1.807) is 0 Å². The lowest BCUT2D eigenvalue weighted by molar-refractivity contribution is 0.0874. The average Bonchev–Trinajstić information content (AvgIpc) is 3.15. The molecule has 2 aromatic rings. The molecule has 2 unspecified atom stereocenters. The number of amides is 1. The number of fused-ring (bicyclic) bond motifs is 1. The molecule has 1 aromatic carbocycles. The third kappa shape index (κ3) is 4.04. The molecule has 2 aliphatic rings. The Balaban J connectivity index is 0.00000210. The Hall–Kier alpha value is -1.85. The first-order valence-corrected chi connectivity index (χ1v) is 9.69. The molecular formula is C21H29ClN4O. The number of piperidine rings is 1. The Morgan fingerprint density at radius 1 is 1.30 bits per heavy atom. The Morgan fingerprint density at radius 3 is 2.89 bits per heavy atom. The van der Waals surface area contributed by atoms with Crippen molar-refractivity contribution in [2.75, 3.05) is 13.1 Å². The Kier molecular flexibility index (Phi) is 5.92. The molecule has 1 saturated heterocycles. The van der Waals surface area contributed by atoms with Crippen LogP contribution in [0.15, 0.2) is 36.5 Å². The number of hydrogen-bond acceptors (Lipinski definition) is 3. The van der Waals surface area contributed by atoms with Gasteiger partial charge in [0.2, 0.25) is 0 Å². The minimum Gasteiger partial charge on any atom is -0.343 e. The quantitative estimate of drug-likeness (QED) is 0.843. The highest BCUT2D eigenvalue weighted by Crippen LogP contribution is 2.43. The molecule has 1 amide bonds. The highest BCUT2D eigenvalue weighted by atomic mass is 35.5. The zero-order valence-electron chi connectivity index (χ0n) is 16.1. The van der Waals surface area contributed by atoms with Gasteiger partial charge in [0.15, 0.2) is 0 Å². The van der Waals surface area contributed by atoms with Gasteiger partial charge in [-0.25, -0.2) is 0 Å². The van der Waals surface area contributed by atoms with E-state index in [2.05, 4.69) is 53.8 Å². The van der Waals surface area contributed by atoms with Gasteiger partial charge in [-0.15, -0.1) is 12.4 Å². The molecule has 2 N–H and O–H groups in total. The number of halogens is 1. The molecule has 5 nitrogen and oxygen atoms in total. The van der Waals surface area contributed by atoms with Crippen molar-refractivity contribution in [1.29, 1.82) is 0 Å². The van der Waals surface area contributed by atoms with Gasteiger partial charge in [-0.3, -0.25) is 9.48 Å². The summed E-state index contributed by atoms with van der Waals surface area (Å²) in [5.74, 6) is -0.0812. The minimum absolute atomic E-state index is 0. The fraction of sp³-hybridized carbons (Fsp3) is 0.524. The van der Waals surface area contributed by atoms with Crippen molar-refractivity contribution in [2.24, 2.45) is 5.41 Å². The molecule has 6 heteroatoms. The van der Waals surface area contributed by atoms with Gasteiger partial charge in [0.05, 0.1) is 12.1 Å². The average molecular weight is 389 g/mol. The summed E-state index contributed by atoms with van der Waals surface area (Å²) >= 11 is 0. The minimum atomic E-state index is -0.0812.